The zero-order chi connectivity index (χ0) is 13.6. The van der Waals surface area contributed by atoms with Crippen molar-refractivity contribution in [2.45, 2.75) is 32.6 Å². The Kier molecular flexibility index (Phi) is 5.37. The molecule has 0 atom stereocenters. The normalized spacial score (nSPS) is 10.9. The molecule has 0 unspecified atom stereocenters. The summed E-state index contributed by atoms with van der Waals surface area (Å²) in [5, 5.41) is 26.3. The highest BCUT2D eigenvalue weighted by atomic mass is 16.4. The molecule has 3 N–H and O–H groups in total. The predicted molar refractivity (Wildman–Crippen MR) is 58.6 cm³/mol. The first-order chi connectivity index (χ1) is 7.72. The van der Waals surface area contributed by atoms with Crippen molar-refractivity contribution in [3.63, 3.8) is 0 Å². The molecule has 6 heteroatoms. The van der Waals surface area contributed by atoms with Gasteiger partial charge >= 0.3 is 17.9 Å². The Hall–Kier alpha value is -1.85. The van der Waals surface area contributed by atoms with Crippen LogP contribution in [0.1, 0.15) is 32.6 Å². The van der Waals surface area contributed by atoms with E-state index in [0.29, 0.717) is 0 Å². The Bertz CT molecular complexity index is 310. The van der Waals surface area contributed by atoms with Gasteiger partial charge in [0, 0.05) is 12.8 Å². The standard InChI is InChI=1S/C11H16O6/c1-7(2)11(10(16)17,5-3-8(12)13)6-4-9(14)15/h1,3-6H2,2H3,(H,12,13)(H,14,15)(H,16,17). The van der Waals surface area contributed by atoms with Gasteiger partial charge in [-0.15, -0.1) is 0 Å². The van der Waals surface area contributed by atoms with Crippen molar-refractivity contribution in [1.82, 2.24) is 0 Å². The maximum atomic E-state index is 11.2. The first-order valence-corrected chi connectivity index (χ1v) is 5.05. The molecule has 0 fully saturated rings. The number of rotatable bonds is 8. The first kappa shape index (κ1) is 15.2. The van der Waals surface area contributed by atoms with Crippen LogP contribution < -0.4 is 0 Å². The molecule has 0 aromatic heterocycles. The molecule has 0 aliphatic carbocycles. The Labute approximate surface area is 98.6 Å². The van der Waals surface area contributed by atoms with Gasteiger partial charge in [-0.05, 0) is 19.8 Å². The van der Waals surface area contributed by atoms with E-state index in [1.807, 2.05) is 0 Å². The Balaban J connectivity index is 4.99. The summed E-state index contributed by atoms with van der Waals surface area (Å²) >= 11 is 0. The minimum Gasteiger partial charge on any atom is -0.481 e. The van der Waals surface area contributed by atoms with Crippen LogP contribution in [-0.4, -0.2) is 33.2 Å². The highest BCUT2D eigenvalue weighted by Gasteiger charge is 2.39. The summed E-state index contributed by atoms with van der Waals surface area (Å²) < 4.78 is 0. The minimum atomic E-state index is -1.48. The molecule has 0 saturated carbocycles. The van der Waals surface area contributed by atoms with E-state index in [2.05, 4.69) is 6.58 Å². The Morgan fingerprint density at radius 3 is 1.53 bits per heavy atom. The molecule has 0 saturated heterocycles. The molecular formula is C11H16O6. The van der Waals surface area contributed by atoms with E-state index in [1.165, 1.54) is 6.92 Å². The first-order valence-electron chi connectivity index (χ1n) is 5.05. The van der Waals surface area contributed by atoms with Gasteiger partial charge in [-0.2, -0.15) is 0 Å². The second kappa shape index (κ2) is 6.03. The van der Waals surface area contributed by atoms with Gasteiger partial charge < -0.3 is 15.3 Å². The summed E-state index contributed by atoms with van der Waals surface area (Å²) in [5.74, 6) is -3.47. The molecule has 0 amide bonds. The zero-order valence-corrected chi connectivity index (χ0v) is 9.60. The van der Waals surface area contributed by atoms with Crippen LogP contribution in [0, 0.1) is 5.41 Å². The lowest BCUT2D eigenvalue weighted by Gasteiger charge is -2.29. The third kappa shape index (κ3) is 4.26. The van der Waals surface area contributed by atoms with Gasteiger partial charge in [0.1, 0.15) is 0 Å². The largest absolute Gasteiger partial charge is 0.481 e. The van der Waals surface area contributed by atoms with Crippen LogP contribution in [0.25, 0.3) is 0 Å². The lowest BCUT2D eigenvalue weighted by atomic mass is 9.74. The predicted octanol–water partition coefficient (Wildman–Crippen LogP) is 1.36. The van der Waals surface area contributed by atoms with Crippen LogP contribution >= 0.6 is 0 Å². The number of carbonyl (C=O) groups is 3. The van der Waals surface area contributed by atoms with Crippen molar-refractivity contribution in [1.29, 1.82) is 0 Å². The highest BCUT2D eigenvalue weighted by Crippen LogP contribution is 2.37. The third-order valence-electron chi connectivity index (χ3n) is 2.76. The average molecular weight is 244 g/mol. The molecule has 0 radical (unpaired) electrons. The topological polar surface area (TPSA) is 112 Å². The number of carboxylic acids is 3. The molecule has 0 rings (SSSR count). The Morgan fingerprint density at radius 1 is 1.00 bits per heavy atom. The van der Waals surface area contributed by atoms with Crippen molar-refractivity contribution in [3.8, 4) is 0 Å². The summed E-state index contributed by atoms with van der Waals surface area (Å²) in [6, 6.07) is 0. The summed E-state index contributed by atoms with van der Waals surface area (Å²) in [5.41, 5.74) is -1.20. The van der Waals surface area contributed by atoms with E-state index in [1.54, 1.807) is 0 Å². The van der Waals surface area contributed by atoms with Gasteiger partial charge in [0.15, 0.2) is 0 Å². The molecule has 0 bridgehead atoms. The van der Waals surface area contributed by atoms with E-state index < -0.39 is 23.3 Å². The highest BCUT2D eigenvalue weighted by molar-refractivity contribution is 5.80. The number of aliphatic carboxylic acids is 3. The second-order valence-electron chi connectivity index (χ2n) is 3.96. The molecule has 0 aliphatic heterocycles. The molecular weight excluding hydrogens is 228 g/mol. The van der Waals surface area contributed by atoms with Gasteiger partial charge in [-0.1, -0.05) is 12.2 Å². The van der Waals surface area contributed by atoms with Crippen LogP contribution in [0.2, 0.25) is 0 Å². The molecule has 17 heavy (non-hydrogen) atoms. The Morgan fingerprint density at radius 2 is 1.35 bits per heavy atom. The zero-order valence-electron chi connectivity index (χ0n) is 9.60. The van der Waals surface area contributed by atoms with Gasteiger partial charge in [0.25, 0.3) is 0 Å². The van der Waals surface area contributed by atoms with Crippen LogP contribution in [0.4, 0.5) is 0 Å². The van der Waals surface area contributed by atoms with Crippen molar-refractivity contribution < 1.29 is 29.7 Å². The van der Waals surface area contributed by atoms with E-state index >= 15 is 0 Å². The summed E-state index contributed by atoms with van der Waals surface area (Å²) in [6.07, 6.45) is -0.974. The van der Waals surface area contributed by atoms with Crippen LogP contribution in [-0.2, 0) is 14.4 Å². The van der Waals surface area contributed by atoms with Gasteiger partial charge in [0.05, 0.1) is 5.41 Å². The number of hydrogen-bond donors (Lipinski definition) is 3. The fraction of sp³-hybridized carbons (Fsp3) is 0.545. The fourth-order valence-electron chi connectivity index (χ4n) is 1.59. The second-order valence-corrected chi connectivity index (χ2v) is 3.96. The van der Waals surface area contributed by atoms with Gasteiger partial charge in [-0.3, -0.25) is 14.4 Å². The lowest BCUT2D eigenvalue weighted by Crippen LogP contribution is -2.33. The maximum Gasteiger partial charge on any atom is 0.313 e. The van der Waals surface area contributed by atoms with Crippen molar-refractivity contribution >= 4 is 17.9 Å². The molecule has 0 heterocycles. The van der Waals surface area contributed by atoms with Crippen molar-refractivity contribution in [2.24, 2.45) is 5.41 Å². The summed E-state index contributed by atoms with van der Waals surface area (Å²) in [7, 11) is 0. The SMILES string of the molecule is C=C(C)C(CCC(=O)O)(CCC(=O)O)C(=O)O. The fourth-order valence-corrected chi connectivity index (χ4v) is 1.59. The van der Waals surface area contributed by atoms with Gasteiger partial charge in [0.2, 0.25) is 0 Å². The average Bonchev–Trinajstić information content (AvgIpc) is 2.16. The monoisotopic (exact) mass is 244 g/mol. The van der Waals surface area contributed by atoms with E-state index in [4.69, 9.17) is 10.2 Å². The van der Waals surface area contributed by atoms with Crippen molar-refractivity contribution in [3.05, 3.63) is 12.2 Å². The number of hydrogen-bond acceptors (Lipinski definition) is 3. The van der Waals surface area contributed by atoms with E-state index in [0.717, 1.165) is 0 Å². The molecule has 0 aromatic rings. The maximum absolute atomic E-state index is 11.2. The quantitative estimate of drug-likeness (QED) is 0.556. The van der Waals surface area contributed by atoms with Crippen LogP contribution in [0.5, 0.6) is 0 Å². The lowest BCUT2D eigenvalue weighted by molar-refractivity contribution is -0.149. The molecule has 0 aliphatic rings. The van der Waals surface area contributed by atoms with Crippen LogP contribution in [0.15, 0.2) is 12.2 Å². The molecule has 6 nitrogen and oxygen atoms in total. The van der Waals surface area contributed by atoms with Crippen LogP contribution in [0.3, 0.4) is 0 Å². The van der Waals surface area contributed by atoms with Gasteiger partial charge in [-0.25, -0.2) is 0 Å². The molecule has 96 valence electrons. The van der Waals surface area contributed by atoms with E-state index in [9.17, 15) is 19.5 Å². The minimum absolute atomic E-state index is 0.153. The third-order valence-corrected chi connectivity index (χ3v) is 2.76. The van der Waals surface area contributed by atoms with Crippen molar-refractivity contribution in [2.75, 3.05) is 0 Å². The molecule has 0 spiro atoms. The smallest absolute Gasteiger partial charge is 0.313 e. The van der Waals surface area contributed by atoms with E-state index in [-0.39, 0.29) is 31.3 Å². The summed E-state index contributed by atoms with van der Waals surface area (Å²) in [6.45, 7) is 5.01. The summed E-state index contributed by atoms with van der Waals surface area (Å²) in [4.78, 5) is 32.2. The number of carboxylic acid groups (broad SMARTS) is 3. The molecule has 0 aromatic carbocycles.